The van der Waals surface area contributed by atoms with Gasteiger partial charge >= 0.3 is 11.3 Å². The van der Waals surface area contributed by atoms with Gasteiger partial charge in [0, 0.05) is 11.4 Å². The molecule has 0 saturated carbocycles. The molecule has 0 saturated heterocycles. The molecule has 4 aromatic rings. The number of aliphatic hydroxyl groups excluding tert-OH is 1. The molecule has 28 heavy (non-hydrogen) atoms. The molecule has 0 aliphatic carbocycles. The third-order valence-corrected chi connectivity index (χ3v) is 4.85. The first-order valence-electron chi connectivity index (χ1n) is 8.80. The highest BCUT2D eigenvalue weighted by Crippen LogP contribution is 2.14. The van der Waals surface area contributed by atoms with Crippen molar-refractivity contribution in [2.24, 2.45) is 0 Å². The van der Waals surface area contributed by atoms with Crippen LogP contribution in [0.15, 0.2) is 52.1 Å². The van der Waals surface area contributed by atoms with E-state index in [4.69, 9.17) is 11.6 Å². The molecule has 1 unspecified atom stereocenters. The number of nitrogens with zero attached hydrogens (tertiary/aromatic N) is 2. The smallest absolute Gasteiger partial charge is 0.389 e. The van der Waals surface area contributed by atoms with E-state index in [1.807, 2.05) is 37.3 Å². The van der Waals surface area contributed by atoms with E-state index in [2.05, 4.69) is 15.0 Å². The summed E-state index contributed by atoms with van der Waals surface area (Å²) in [5, 5.41) is 11.3. The second kappa shape index (κ2) is 7.18. The number of aromatic amines is 2. The van der Waals surface area contributed by atoms with E-state index in [0.29, 0.717) is 17.0 Å². The molecule has 0 spiro atoms. The van der Waals surface area contributed by atoms with Crippen LogP contribution < -0.4 is 15.8 Å². The molecule has 7 nitrogen and oxygen atoms in total. The summed E-state index contributed by atoms with van der Waals surface area (Å²) in [4.78, 5) is 33.3. The molecule has 0 aliphatic heterocycles. The monoisotopic (exact) mass is 397 g/mol. The van der Waals surface area contributed by atoms with Gasteiger partial charge in [-0.15, -0.1) is 0 Å². The number of hydrogen-bond acceptors (Lipinski definition) is 4. The number of nitrogens with one attached hydrogen (secondary N) is 2. The van der Waals surface area contributed by atoms with Crippen molar-refractivity contribution >= 4 is 33.8 Å². The van der Waals surface area contributed by atoms with Gasteiger partial charge in [-0.1, -0.05) is 29.8 Å². The Labute approximate surface area is 164 Å². The summed E-state index contributed by atoms with van der Waals surface area (Å²) in [6.07, 6.45) is -0.349. The first kappa shape index (κ1) is 18.3. The number of aryl methyl sites for hydroxylation is 1. The van der Waals surface area contributed by atoms with E-state index in [1.165, 1.54) is 0 Å². The minimum atomic E-state index is -0.746. The maximum absolute atomic E-state index is 12.3. The number of hydrogen-bond donors (Lipinski definition) is 3. The van der Waals surface area contributed by atoms with Crippen LogP contribution in [-0.2, 0) is 13.0 Å². The first-order chi connectivity index (χ1) is 13.4. The number of aliphatic hydroxyl groups is 1. The van der Waals surface area contributed by atoms with Crippen LogP contribution in [0.3, 0.4) is 0 Å². The second-order valence-electron chi connectivity index (χ2n) is 6.80. The van der Waals surface area contributed by atoms with Crippen LogP contribution in [0.4, 0.5) is 0 Å². The molecular formula is C20H18ClN4O3+. The molecule has 0 aliphatic rings. The van der Waals surface area contributed by atoms with Crippen LogP contribution in [0.5, 0.6) is 0 Å². The van der Waals surface area contributed by atoms with Crippen molar-refractivity contribution in [3.63, 3.8) is 0 Å². The molecule has 2 heterocycles. The highest BCUT2D eigenvalue weighted by molar-refractivity contribution is 6.30. The fraction of sp³-hybridized carbons (Fsp3) is 0.200. The fourth-order valence-corrected chi connectivity index (χ4v) is 3.44. The summed E-state index contributed by atoms with van der Waals surface area (Å²) >= 11 is 5.91. The molecule has 2 aromatic heterocycles. The van der Waals surface area contributed by atoms with E-state index in [9.17, 15) is 14.7 Å². The van der Waals surface area contributed by atoms with Gasteiger partial charge < -0.3 is 5.11 Å². The van der Waals surface area contributed by atoms with Crippen LogP contribution in [0.1, 0.15) is 11.1 Å². The standard InChI is InChI=1S/C20H17ClN4O3/c1-11-2-7-16-15(8-11)22-17-18(23-20(28)24-19(17)27)25(16)10-14(26)9-12-3-5-13(21)6-4-12/h2-8,14,26H,9-10H2,1H3,(H,24,27,28)/p+1. The summed E-state index contributed by atoms with van der Waals surface area (Å²) in [5.41, 5.74) is 2.47. The summed E-state index contributed by atoms with van der Waals surface area (Å²) in [7, 11) is 0. The molecule has 3 N–H and O–H groups in total. The van der Waals surface area contributed by atoms with Gasteiger partial charge in [0.1, 0.15) is 12.1 Å². The third-order valence-electron chi connectivity index (χ3n) is 4.60. The Balaban J connectivity index is 1.84. The van der Waals surface area contributed by atoms with Crippen molar-refractivity contribution in [2.45, 2.75) is 26.0 Å². The van der Waals surface area contributed by atoms with E-state index < -0.39 is 17.4 Å². The Morgan fingerprint density at radius 1 is 1.14 bits per heavy atom. The maximum Gasteiger partial charge on any atom is 0.413 e. The molecule has 0 fully saturated rings. The van der Waals surface area contributed by atoms with Gasteiger partial charge in [0.25, 0.3) is 5.56 Å². The average molecular weight is 398 g/mol. The maximum atomic E-state index is 12.3. The normalized spacial score (nSPS) is 12.5. The number of halogens is 1. The Morgan fingerprint density at radius 2 is 1.89 bits per heavy atom. The van der Waals surface area contributed by atoms with Crippen molar-refractivity contribution in [2.75, 3.05) is 0 Å². The lowest BCUT2D eigenvalue weighted by Crippen LogP contribution is -2.45. The number of H-pyrrole nitrogens is 2. The van der Waals surface area contributed by atoms with Gasteiger partial charge in [-0.2, -0.15) is 4.98 Å². The van der Waals surface area contributed by atoms with Gasteiger partial charge in [0.15, 0.2) is 5.52 Å². The molecule has 142 valence electrons. The molecule has 2 aromatic carbocycles. The molecule has 4 rings (SSSR count). The topological polar surface area (TPSA) is 103 Å². The first-order valence-corrected chi connectivity index (χ1v) is 9.17. The molecule has 0 radical (unpaired) electrons. The average Bonchev–Trinajstić information content (AvgIpc) is 2.64. The Kier molecular flexibility index (Phi) is 4.70. The highest BCUT2D eigenvalue weighted by atomic mass is 35.5. The molecule has 1 atom stereocenters. The lowest BCUT2D eigenvalue weighted by Gasteiger charge is -2.13. The van der Waals surface area contributed by atoms with Gasteiger partial charge in [-0.3, -0.25) is 9.78 Å². The molecule has 8 heteroatoms. The van der Waals surface area contributed by atoms with Crippen molar-refractivity contribution in [1.29, 1.82) is 0 Å². The van der Waals surface area contributed by atoms with E-state index in [-0.39, 0.29) is 17.7 Å². The highest BCUT2D eigenvalue weighted by Gasteiger charge is 2.21. The van der Waals surface area contributed by atoms with Gasteiger partial charge in [-0.05, 0) is 42.3 Å². The zero-order chi connectivity index (χ0) is 19.8. The number of benzene rings is 2. The van der Waals surface area contributed by atoms with Crippen LogP contribution in [0.25, 0.3) is 22.2 Å². The van der Waals surface area contributed by atoms with Crippen LogP contribution in [-0.4, -0.2) is 26.2 Å². The van der Waals surface area contributed by atoms with E-state index in [0.717, 1.165) is 16.6 Å². The third kappa shape index (κ3) is 3.54. The zero-order valence-electron chi connectivity index (χ0n) is 15.1. The zero-order valence-corrected chi connectivity index (χ0v) is 15.8. The SMILES string of the molecule is Cc1ccc2c(c1)nc1c(=O)[nH]c(=O)[nH]c1[n+]2CC(O)Cc1ccc(Cl)cc1. The quantitative estimate of drug-likeness (QED) is 0.359. The summed E-state index contributed by atoms with van der Waals surface area (Å²) < 4.78 is 1.73. The number of fused-ring (bicyclic) bond motifs is 2. The minimum absolute atomic E-state index is 0.122. The molecule has 0 bridgehead atoms. The van der Waals surface area contributed by atoms with Crippen molar-refractivity contribution in [3.8, 4) is 0 Å². The summed E-state index contributed by atoms with van der Waals surface area (Å²) in [5.74, 6) is 0. The second-order valence-corrected chi connectivity index (χ2v) is 7.24. The Bertz CT molecular complexity index is 1300. The Hall–Kier alpha value is -3.03. The Morgan fingerprint density at radius 3 is 2.64 bits per heavy atom. The van der Waals surface area contributed by atoms with Gasteiger partial charge in [-0.25, -0.2) is 14.3 Å². The van der Waals surface area contributed by atoms with Crippen molar-refractivity contribution in [1.82, 2.24) is 15.0 Å². The van der Waals surface area contributed by atoms with E-state index in [1.54, 1.807) is 16.7 Å². The number of rotatable bonds is 4. The van der Waals surface area contributed by atoms with Crippen LogP contribution >= 0.6 is 11.6 Å². The van der Waals surface area contributed by atoms with Gasteiger partial charge in [0.05, 0.1) is 6.10 Å². The van der Waals surface area contributed by atoms with Crippen molar-refractivity contribution in [3.05, 3.63) is 79.5 Å². The lowest BCUT2D eigenvalue weighted by molar-refractivity contribution is -0.655. The predicted octanol–water partition coefficient (Wildman–Crippen LogP) is 1.62. The number of aromatic nitrogens is 4. The van der Waals surface area contributed by atoms with Crippen molar-refractivity contribution < 1.29 is 9.67 Å². The van der Waals surface area contributed by atoms with Gasteiger partial charge in [0.2, 0.25) is 5.52 Å². The van der Waals surface area contributed by atoms with E-state index >= 15 is 0 Å². The van der Waals surface area contributed by atoms with Crippen LogP contribution in [0, 0.1) is 6.92 Å². The molecular weight excluding hydrogens is 380 g/mol. The largest absolute Gasteiger partial charge is 0.413 e. The predicted molar refractivity (Wildman–Crippen MR) is 107 cm³/mol. The molecule has 0 amide bonds. The lowest BCUT2D eigenvalue weighted by atomic mass is 10.1. The van der Waals surface area contributed by atoms with Crippen LogP contribution in [0.2, 0.25) is 5.02 Å². The summed E-state index contributed by atoms with van der Waals surface area (Å²) in [6, 6.07) is 12.9. The summed E-state index contributed by atoms with van der Waals surface area (Å²) in [6.45, 7) is 2.11. The fourth-order valence-electron chi connectivity index (χ4n) is 3.32. The minimum Gasteiger partial charge on any atom is -0.389 e.